The molecule has 2 aliphatic heterocycles. The fourth-order valence-corrected chi connectivity index (χ4v) is 4.47. The zero-order valence-electron chi connectivity index (χ0n) is 17.9. The summed E-state index contributed by atoms with van der Waals surface area (Å²) < 4.78 is 26.7. The summed E-state index contributed by atoms with van der Waals surface area (Å²) in [6.07, 6.45) is 3.72. The van der Waals surface area contributed by atoms with Gasteiger partial charge in [0.05, 0.1) is 5.02 Å². The van der Waals surface area contributed by atoms with Gasteiger partial charge in [-0.15, -0.1) is 24.0 Å². The molecule has 1 aromatic carbocycles. The third-order valence-electron chi connectivity index (χ3n) is 5.90. The van der Waals surface area contributed by atoms with Gasteiger partial charge in [0.2, 0.25) is 0 Å². The lowest BCUT2D eigenvalue weighted by molar-refractivity contribution is 0.508. The van der Waals surface area contributed by atoms with Gasteiger partial charge in [-0.25, -0.2) is 13.8 Å². The van der Waals surface area contributed by atoms with Gasteiger partial charge < -0.3 is 20.4 Å². The van der Waals surface area contributed by atoms with Crippen LogP contribution in [-0.2, 0) is 0 Å². The molecule has 0 amide bonds. The molecule has 2 atom stereocenters. The third kappa shape index (κ3) is 5.92. The summed E-state index contributed by atoms with van der Waals surface area (Å²) in [4.78, 5) is 13.0. The van der Waals surface area contributed by atoms with Crippen LogP contribution < -0.4 is 20.4 Å². The van der Waals surface area contributed by atoms with Crippen molar-refractivity contribution in [1.82, 2.24) is 15.6 Å². The van der Waals surface area contributed by atoms with Crippen molar-refractivity contribution >= 4 is 53.0 Å². The highest BCUT2D eigenvalue weighted by Crippen LogP contribution is 2.26. The van der Waals surface area contributed by atoms with Gasteiger partial charge in [-0.2, -0.15) is 0 Å². The zero-order valence-corrected chi connectivity index (χ0v) is 21.0. The number of nitrogens with zero attached hydrogens (tertiary/aromatic N) is 4. The molecule has 0 spiro atoms. The Morgan fingerprint density at radius 1 is 1.16 bits per heavy atom. The number of anilines is 2. The smallest absolute Gasteiger partial charge is 0.191 e. The van der Waals surface area contributed by atoms with E-state index >= 15 is 0 Å². The van der Waals surface area contributed by atoms with Crippen molar-refractivity contribution in [1.29, 1.82) is 0 Å². The van der Waals surface area contributed by atoms with Gasteiger partial charge in [0.15, 0.2) is 17.6 Å². The van der Waals surface area contributed by atoms with Crippen molar-refractivity contribution in [3.63, 3.8) is 0 Å². The highest BCUT2D eigenvalue weighted by atomic mass is 127. The Kier molecular flexibility index (Phi) is 8.75. The van der Waals surface area contributed by atoms with Crippen LogP contribution in [0.4, 0.5) is 20.3 Å². The summed E-state index contributed by atoms with van der Waals surface area (Å²) in [5.41, 5.74) is 0.725. The molecular weight excluding hydrogens is 549 g/mol. The first-order chi connectivity index (χ1) is 15.0. The molecule has 4 rings (SSSR count). The van der Waals surface area contributed by atoms with E-state index in [-0.39, 0.29) is 30.0 Å². The molecule has 0 radical (unpaired) electrons. The highest BCUT2D eigenvalue weighted by Gasteiger charge is 2.27. The number of benzene rings is 1. The molecular formula is C22H28ClF2IN6. The molecule has 3 heterocycles. The van der Waals surface area contributed by atoms with Gasteiger partial charge in [0, 0.05) is 63.8 Å². The van der Waals surface area contributed by atoms with Gasteiger partial charge in [-0.05, 0) is 43.0 Å². The van der Waals surface area contributed by atoms with Crippen LogP contribution in [0.5, 0.6) is 0 Å². The zero-order chi connectivity index (χ0) is 21.8. The summed E-state index contributed by atoms with van der Waals surface area (Å²) in [5.74, 6) is 0.372. The summed E-state index contributed by atoms with van der Waals surface area (Å²) >= 11 is 6.28. The van der Waals surface area contributed by atoms with Crippen molar-refractivity contribution in [2.24, 2.45) is 10.9 Å². The minimum atomic E-state index is -0.813. The number of hydrogen-bond donors (Lipinski definition) is 2. The van der Waals surface area contributed by atoms with E-state index in [0.717, 1.165) is 63.0 Å². The Morgan fingerprint density at radius 2 is 1.97 bits per heavy atom. The van der Waals surface area contributed by atoms with Crippen LogP contribution >= 0.6 is 35.6 Å². The second kappa shape index (κ2) is 11.3. The van der Waals surface area contributed by atoms with E-state index in [2.05, 4.69) is 30.4 Å². The number of pyridine rings is 1. The number of nitrogens with one attached hydrogen (secondary N) is 2. The van der Waals surface area contributed by atoms with Crippen LogP contribution in [0.25, 0.3) is 0 Å². The Hall–Kier alpha value is -1.88. The summed E-state index contributed by atoms with van der Waals surface area (Å²) in [6.45, 7) is 4.08. The number of halogens is 4. The molecule has 2 aliphatic rings. The fourth-order valence-electron chi connectivity index (χ4n) is 4.23. The summed E-state index contributed by atoms with van der Waals surface area (Å²) in [7, 11) is 1.76. The fraction of sp³-hybridized carbons (Fsp3) is 0.455. The molecule has 2 aromatic rings. The van der Waals surface area contributed by atoms with E-state index in [9.17, 15) is 8.78 Å². The lowest BCUT2D eigenvalue weighted by Crippen LogP contribution is -2.46. The van der Waals surface area contributed by atoms with Gasteiger partial charge in [0.1, 0.15) is 5.82 Å². The predicted octanol–water partition coefficient (Wildman–Crippen LogP) is 3.90. The molecule has 32 heavy (non-hydrogen) atoms. The SMILES string of the molecule is CN=C(NCC1CCN(c2ccc(F)c(F)c2)C1)NC1CCN(c2ncccc2Cl)C1.I. The maximum absolute atomic E-state index is 13.5. The van der Waals surface area contributed by atoms with Crippen molar-refractivity contribution in [3.05, 3.63) is 53.2 Å². The maximum atomic E-state index is 13.5. The van der Waals surface area contributed by atoms with Gasteiger partial charge in [-0.3, -0.25) is 4.99 Å². The Morgan fingerprint density at radius 3 is 2.72 bits per heavy atom. The maximum Gasteiger partial charge on any atom is 0.191 e. The second-order valence-electron chi connectivity index (χ2n) is 8.04. The summed E-state index contributed by atoms with van der Waals surface area (Å²) in [5, 5.41) is 7.57. The monoisotopic (exact) mass is 576 g/mol. The highest BCUT2D eigenvalue weighted by molar-refractivity contribution is 14.0. The molecule has 0 bridgehead atoms. The van der Waals surface area contributed by atoms with Crippen LogP contribution in [0.3, 0.4) is 0 Å². The average Bonchev–Trinajstić information content (AvgIpc) is 3.43. The molecule has 10 heteroatoms. The Balaban J connectivity index is 0.00000289. The van der Waals surface area contributed by atoms with Crippen molar-refractivity contribution in [3.8, 4) is 0 Å². The van der Waals surface area contributed by atoms with Crippen LogP contribution in [0.15, 0.2) is 41.5 Å². The predicted molar refractivity (Wildman–Crippen MR) is 136 cm³/mol. The lowest BCUT2D eigenvalue weighted by atomic mass is 10.1. The molecule has 2 unspecified atom stereocenters. The minimum absolute atomic E-state index is 0. The molecule has 2 N–H and O–H groups in total. The molecule has 174 valence electrons. The standard InChI is InChI=1S/C22H27ClF2N6.HI/c1-26-22(29-16-7-10-31(14-16)21-18(23)3-2-8-27-21)28-12-15-6-9-30(13-15)17-4-5-19(24)20(25)11-17;/h2-5,8,11,15-16H,6-7,9-10,12-14H2,1H3,(H2,26,28,29);1H. The number of rotatable bonds is 5. The number of aliphatic imine (C=N–C) groups is 1. The average molecular weight is 577 g/mol. The molecule has 0 saturated carbocycles. The molecule has 0 aliphatic carbocycles. The van der Waals surface area contributed by atoms with E-state index in [1.807, 2.05) is 12.1 Å². The molecule has 2 fully saturated rings. The first kappa shape index (κ1) is 24.8. The topological polar surface area (TPSA) is 55.8 Å². The van der Waals surface area contributed by atoms with E-state index in [4.69, 9.17) is 11.6 Å². The Labute approximate surface area is 209 Å². The van der Waals surface area contributed by atoms with Crippen molar-refractivity contribution in [2.75, 3.05) is 49.6 Å². The third-order valence-corrected chi connectivity index (χ3v) is 6.20. The lowest BCUT2D eigenvalue weighted by Gasteiger charge is -2.21. The molecule has 2 saturated heterocycles. The number of guanidine groups is 1. The first-order valence-electron chi connectivity index (χ1n) is 10.6. The van der Waals surface area contributed by atoms with Gasteiger partial charge in [0.25, 0.3) is 0 Å². The largest absolute Gasteiger partial charge is 0.371 e. The number of aromatic nitrogens is 1. The van der Waals surface area contributed by atoms with Crippen LogP contribution in [0, 0.1) is 17.6 Å². The van der Waals surface area contributed by atoms with Gasteiger partial charge in [-0.1, -0.05) is 11.6 Å². The Bertz CT molecular complexity index is 946. The van der Waals surface area contributed by atoms with Gasteiger partial charge >= 0.3 is 0 Å². The number of hydrogen-bond acceptors (Lipinski definition) is 4. The van der Waals surface area contributed by atoms with Crippen LogP contribution in [-0.4, -0.2) is 56.8 Å². The quantitative estimate of drug-likeness (QED) is 0.321. The van der Waals surface area contributed by atoms with Crippen molar-refractivity contribution in [2.45, 2.75) is 18.9 Å². The molecule has 1 aromatic heterocycles. The van der Waals surface area contributed by atoms with E-state index in [0.29, 0.717) is 10.9 Å². The van der Waals surface area contributed by atoms with Crippen molar-refractivity contribution < 1.29 is 8.78 Å². The minimum Gasteiger partial charge on any atom is -0.371 e. The first-order valence-corrected chi connectivity index (χ1v) is 10.9. The van der Waals surface area contributed by atoms with E-state index in [1.165, 1.54) is 12.1 Å². The second-order valence-corrected chi connectivity index (χ2v) is 8.44. The van der Waals surface area contributed by atoms with E-state index in [1.54, 1.807) is 19.3 Å². The normalized spacial score (nSPS) is 20.9. The van der Waals surface area contributed by atoms with E-state index < -0.39 is 11.6 Å². The molecule has 6 nitrogen and oxygen atoms in total. The van der Waals surface area contributed by atoms with Crippen LogP contribution in [0.2, 0.25) is 5.02 Å². The van der Waals surface area contributed by atoms with Crippen LogP contribution in [0.1, 0.15) is 12.8 Å². The summed E-state index contributed by atoms with van der Waals surface area (Å²) in [6, 6.07) is 8.04.